The quantitative estimate of drug-likeness (QED) is 0.673. The third kappa shape index (κ3) is 6.12. The molecule has 0 spiro atoms. The first-order valence-electron chi connectivity index (χ1n) is 8.81. The Labute approximate surface area is 176 Å². The summed E-state index contributed by atoms with van der Waals surface area (Å²) in [5.74, 6) is 0.172. The van der Waals surface area contributed by atoms with Crippen LogP contribution in [-0.2, 0) is 16.6 Å². The first-order valence-corrected chi connectivity index (χ1v) is 11.4. The van der Waals surface area contributed by atoms with Crippen molar-refractivity contribution in [3.8, 4) is 0 Å². The van der Waals surface area contributed by atoms with Crippen molar-refractivity contribution in [2.75, 3.05) is 10.6 Å². The second kappa shape index (κ2) is 9.16. The van der Waals surface area contributed by atoms with Gasteiger partial charge in [-0.05, 0) is 48.7 Å². The van der Waals surface area contributed by atoms with Crippen LogP contribution in [0.1, 0.15) is 36.7 Å². The van der Waals surface area contributed by atoms with Gasteiger partial charge in [-0.15, -0.1) is 0 Å². The molecule has 152 valence electrons. The highest BCUT2D eigenvalue weighted by Gasteiger charge is 2.19. The van der Waals surface area contributed by atoms with Gasteiger partial charge in [0.15, 0.2) is 0 Å². The van der Waals surface area contributed by atoms with Gasteiger partial charge in [-0.2, -0.15) is 0 Å². The van der Waals surface area contributed by atoms with Gasteiger partial charge >= 0.3 is 0 Å². The van der Waals surface area contributed by atoms with Gasteiger partial charge in [-0.25, -0.2) is 8.42 Å². The summed E-state index contributed by atoms with van der Waals surface area (Å²) < 4.78 is 25.8. The topological polar surface area (TPSA) is 66.5 Å². The van der Waals surface area contributed by atoms with Crippen LogP contribution in [0.2, 0.25) is 10.0 Å². The lowest BCUT2D eigenvalue weighted by molar-refractivity contribution is 0.0930. The smallest absolute Gasteiger partial charge is 0.251 e. The number of benzene rings is 2. The van der Waals surface area contributed by atoms with Crippen LogP contribution in [0.3, 0.4) is 0 Å². The summed E-state index contributed by atoms with van der Waals surface area (Å²) in [6.07, 6.45) is 1.12. The molecule has 5 nitrogen and oxygen atoms in total. The number of nitrogens with zero attached hydrogens (tertiary/aromatic N) is 1. The summed E-state index contributed by atoms with van der Waals surface area (Å²) >= 11 is 12.0. The number of carbonyl (C=O) groups excluding carboxylic acids is 1. The molecule has 1 N–H and O–H groups in total. The second-order valence-electron chi connectivity index (χ2n) is 7.10. The Bertz CT molecular complexity index is 924. The van der Waals surface area contributed by atoms with Crippen LogP contribution >= 0.6 is 23.2 Å². The lowest BCUT2D eigenvalue weighted by Crippen LogP contribution is -2.36. The van der Waals surface area contributed by atoms with Gasteiger partial charge < -0.3 is 5.32 Å². The van der Waals surface area contributed by atoms with Gasteiger partial charge in [0.2, 0.25) is 10.0 Å². The molecule has 0 aliphatic heterocycles. The molecule has 28 heavy (non-hydrogen) atoms. The van der Waals surface area contributed by atoms with E-state index < -0.39 is 10.0 Å². The fourth-order valence-electron chi connectivity index (χ4n) is 2.47. The second-order valence-corrected chi connectivity index (χ2v) is 9.88. The van der Waals surface area contributed by atoms with Crippen LogP contribution in [-0.4, -0.2) is 26.6 Å². The largest absolute Gasteiger partial charge is 0.349 e. The number of hydrogen-bond acceptors (Lipinski definition) is 3. The van der Waals surface area contributed by atoms with Crippen LogP contribution < -0.4 is 9.62 Å². The molecule has 1 amide bonds. The molecule has 0 saturated heterocycles. The standard InChI is InChI=1S/C20H24Cl2N2O3S/c1-13(2)14(3)23-20(25)16-7-5-15(6-8-16)12-24(28(4,26)27)19-10-17(21)9-18(22)11-19/h5-11,13-14H,12H2,1-4H3,(H,23,25)/t14-/m0/s1. The van der Waals surface area contributed by atoms with Crippen molar-refractivity contribution in [3.05, 3.63) is 63.6 Å². The van der Waals surface area contributed by atoms with Crippen LogP contribution in [0.15, 0.2) is 42.5 Å². The number of anilines is 1. The third-order valence-corrected chi connectivity index (χ3v) is 6.01. The van der Waals surface area contributed by atoms with E-state index in [1.165, 1.54) is 4.31 Å². The number of halogens is 2. The normalized spacial score (nSPS) is 12.7. The SMILES string of the molecule is CC(C)[C@H](C)NC(=O)c1ccc(CN(c2cc(Cl)cc(Cl)c2)S(C)(=O)=O)cc1. The highest BCUT2D eigenvalue weighted by atomic mass is 35.5. The molecule has 2 aromatic rings. The molecule has 0 fully saturated rings. The fourth-order valence-corrected chi connectivity index (χ4v) is 3.85. The highest BCUT2D eigenvalue weighted by Crippen LogP contribution is 2.28. The van der Waals surface area contributed by atoms with Crippen molar-refractivity contribution >= 4 is 44.8 Å². The molecule has 0 aliphatic carbocycles. The number of carbonyl (C=O) groups is 1. The van der Waals surface area contributed by atoms with E-state index in [2.05, 4.69) is 5.32 Å². The Kier molecular flexibility index (Phi) is 7.37. The van der Waals surface area contributed by atoms with Gasteiger partial charge in [0.1, 0.15) is 0 Å². The molecule has 0 aliphatic rings. The zero-order valence-corrected chi connectivity index (χ0v) is 18.6. The predicted octanol–water partition coefficient (Wildman–Crippen LogP) is 4.73. The highest BCUT2D eigenvalue weighted by molar-refractivity contribution is 7.92. The van der Waals surface area contributed by atoms with Crippen LogP contribution in [0, 0.1) is 5.92 Å². The van der Waals surface area contributed by atoms with Gasteiger partial charge in [0, 0.05) is 21.7 Å². The average molecular weight is 443 g/mol. The van der Waals surface area contributed by atoms with Crippen molar-refractivity contribution in [2.45, 2.75) is 33.4 Å². The Balaban J connectivity index is 2.23. The van der Waals surface area contributed by atoms with E-state index >= 15 is 0 Å². The fraction of sp³-hybridized carbons (Fsp3) is 0.350. The van der Waals surface area contributed by atoms with Crippen LogP contribution in [0.25, 0.3) is 0 Å². The number of hydrogen-bond donors (Lipinski definition) is 1. The molecule has 0 heterocycles. The van der Waals surface area contributed by atoms with Crippen molar-refractivity contribution < 1.29 is 13.2 Å². The first-order chi connectivity index (χ1) is 13.0. The van der Waals surface area contributed by atoms with Gasteiger partial charge in [-0.1, -0.05) is 49.2 Å². The number of sulfonamides is 1. The summed E-state index contributed by atoms with van der Waals surface area (Å²) in [6, 6.07) is 11.5. The van der Waals surface area contributed by atoms with Crippen molar-refractivity contribution in [3.63, 3.8) is 0 Å². The molecule has 1 atom stereocenters. The van der Waals surface area contributed by atoms with E-state index in [9.17, 15) is 13.2 Å². The Morgan fingerprint density at radius 2 is 1.57 bits per heavy atom. The molecular formula is C20H24Cl2N2O3S. The first kappa shape index (κ1) is 22.5. The van der Waals surface area contributed by atoms with Crippen molar-refractivity contribution in [1.82, 2.24) is 5.32 Å². The maximum atomic E-state index is 12.3. The summed E-state index contributed by atoms with van der Waals surface area (Å²) in [7, 11) is -3.56. The molecule has 0 saturated carbocycles. The van der Waals surface area contributed by atoms with Gasteiger partial charge in [0.25, 0.3) is 5.91 Å². The van der Waals surface area contributed by atoms with Crippen molar-refractivity contribution in [1.29, 1.82) is 0 Å². The molecule has 0 unspecified atom stereocenters. The number of amides is 1. The average Bonchev–Trinajstić information content (AvgIpc) is 2.58. The van der Waals surface area contributed by atoms with E-state index in [4.69, 9.17) is 23.2 Å². The Hall–Kier alpha value is -1.76. The predicted molar refractivity (Wildman–Crippen MR) is 116 cm³/mol. The summed E-state index contributed by atoms with van der Waals surface area (Å²) in [5, 5.41) is 3.64. The minimum Gasteiger partial charge on any atom is -0.349 e. The van der Waals surface area contributed by atoms with E-state index in [0.717, 1.165) is 11.8 Å². The van der Waals surface area contributed by atoms with Gasteiger partial charge in [0.05, 0.1) is 18.5 Å². The summed E-state index contributed by atoms with van der Waals surface area (Å²) in [5.41, 5.74) is 1.63. The third-order valence-electron chi connectivity index (χ3n) is 4.44. The van der Waals surface area contributed by atoms with Crippen molar-refractivity contribution in [2.24, 2.45) is 5.92 Å². The lowest BCUT2D eigenvalue weighted by atomic mass is 10.1. The monoisotopic (exact) mass is 442 g/mol. The maximum Gasteiger partial charge on any atom is 0.251 e. The molecule has 8 heteroatoms. The van der Waals surface area contributed by atoms with Gasteiger partial charge in [-0.3, -0.25) is 9.10 Å². The molecule has 2 rings (SSSR count). The Morgan fingerprint density at radius 3 is 2.04 bits per heavy atom. The van der Waals surface area contributed by atoms with E-state index in [-0.39, 0.29) is 18.5 Å². The number of rotatable bonds is 7. The van der Waals surface area contributed by atoms with E-state index in [1.54, 1.807) is 42.5 Å². The molecule has 0 aromatic heterocycles. The molecule has 2 aromatic carbocycles. The lowest BCUT2D eigenvalue weighted by Gasteiger charge is -2.23. The van der Waals surface area contributed by atoms with E-state index in [0.29, 0.717) is 27.2 Å². The summed E-state index contributed by atoms with van der Waals surface area (Å²) in [6.45, 7) is 6.13. The zero-order chi connectivity index (χ0) is 21.1. The van der Waals surface area contributed by atoms with E-state index in [1.807, 2.05) is 20.8 Å². The van der Waals surface area contributed by atoms with Crippen LogP contribution in [0.5, 0.6) is 0 Å². The minimum absolute atomic E-state index is 0.0560. The number of nitrogens with one attached hydrogen (secondary N) is 1. The van der Waals surface area contributed by atoms with Crippen LogP contribution in [0.4, 0.5) is 5.69 Å². The molecular weight excluding hydrogens is 419 g/mol. The Morgan fingerprint density at radius 1 is 1.04 bits per heavy atom. The molecule has 0 radical (unpaired) electrons. The zero-order valence-electron chi connectivity index (χ0n) is 16.2. The maximum absolute atomic E-state index is 12.3. The minimum atomic E-state index is -3.56. The molecule has 0 bridgehead atoms. The summed E-state index contributed by atoms with van der Waals surface area (Å²) in [4.78, 5) is 12.3.